The van der Waals surface area contributed by atoms with Gasteiger partial charge in [-0.15, -0.1) is 0 Å². The summed E-state index contributed by atoms with van der Waals surface area (Å²) in [6.07, 6.45) is -8.01. The first-order valence-electron chi connectivity index (χ1n) is 23.1. The van der Waals surface area contributed by atoms with Gasteiger partial charge in [0.2, 0.25) is 0 Å². The lowest BCUT2D eigenvalue weighted by Gasteiger charge is -2.72. The highest BCUT2D eigenvalue weighted by Crippen LogP contribution is 2.76. The standard InChI is InChI=1S/C48H72O15/c1-43(2)18-27-26-12-13-31-44(3)16-15-33(62-41-38(57)39(28(52)22-59-41)63-42-37(56)36(55)35(54)29(21-49)60-42)45(4,23-50)30(44)14-17-46(31,5)47(26,6)20-34(48(27,24-51)19-32(43)53)61-40(58)25-10-8-7-9-11-25/h7-12,27-39,41-42,49-57H,13-24H2,1-6H3/t27-,28+,29-,30-,31-,32-,33+,34+,35-,36+,37-,38-,39+,41+,42+,44+,45+,46-,47-,48-/m1/s1. The largest absolute Gasteiger partial charge is 0.458 e. The number of fused-ring (bicyclic) bond motifs is 7. The molecule has 0 unspecified atom stereocenters. The van der Waals surface area contributed by atoms with Crippen LogP contribution in [0.15, 0.2) is 42.0 Å². The minimum Gasteiger partial charge on any atom is -0.458 e. The number of aliphatic hydroxyl groups excluding tert-OH is 9. The lowest BCUT2D eigenvalue weighted by molar-refractivity contribution is -0.358. The number of hydrogen-bond acceptors (Lipinski definition) is 15. The van der Waals surface area contributed by atoms with Gasteiger partial charge in [-0.25, -0.2) is 4.79 Å². The second kappa shape index (κ2) is 16.9. The van der Waals surface area contributed by atoms with Crippen molar-refractivity contribution in [1.29, 1.82) is 0 Å². The Bertz CT molecular complexity index is 1840. The van der Waals surface area contributed by atoms with Crippen LogP contribution in [0.5, 0.6) is 0 Å². The van der Waals surface area contributed by atoms with Crippen molar-refractivity contribution < 1.29 is 74.4 Å². The molecule has 20 atom stereocenters. The number of ether oxygens (including phenoxy) is 5. The van der Waals surface area contributed by atoms with Crippen LogP contribution in [0.2, 0.25) is 0 Å². The normalized spacial score (nSPS) is 50.5. The summed E-state index contributed by atoms with van der Waals surface area (Å²) in [7, 11) is 0. The van der Waals surface area contributed by atoms with Crippen LogP contribution in [-0.2, 0) is 23.7 Å². The number of hydrogen-bond donors (Lipinski definition) is 9. The monoisotopic (exact) mass is 888 g/mol. The van der Waals surface area contributed by atoms with Crippen LogP contribution < -0.4 is 0 Å². The third-order valence-electron chi connectivity index (χ3n) is 18.5. The zero-order valence-corrected chi connectivity index (χ0v) is 37.6. The van der Waals surface area contributed by atoms with Crippen molar-refractivity contribution in [3.8, 4) is 0 Å². The van der Waals surface area contributed by atoms with Crippen LogP contribution in [0.1, 0.15) is 103 Å². The molecule has 0 spiro atoms. The summed E-state index contributed by atoms with van der Waals surface area (Å²) >= 11 is 0. The summed E-state index contributed by atoms with van der Waals surface area (Å²) in [5.41, 5.74) is -1.35. The third-order valence-corrected chi connectivity index (χ3v) is 18.5. The molecule has 2 heterocycles. The molecule has 354 valence electrons. The Morgan fingerprint density at radius 2 is 1.48 bits per heavy atom. The average Bonchev–Trinajstić information content (AvgIpc) is 3.25. The van der Waals surface area contributed by atoms with Gasteiger partial charge in [0, 0.05) is 10.8 Å². The molecule has 5 aliphatic carbocycles. The van der Waals surface area contributed by atoms with Crippen molar-refractivity contribution in [3.05, 3.63) is 47.5 Å². The van der Waals surface area contributed by atoms with Gasteiger partial charge >= 0.3 is 5.97 Å². The Kier molecular flexibility index (Phi) is 12.7. The van der Waals surface area contributed by atoms with E-state index >= 15 is 0 Å². The van der Waals surface area contributed by atoms with Crippen molar-refractivity contribution in [2.45, 2.75) is 167 Å². The first-order chi connectivity index (χ1) is 29.7. The fourth-order valence-corrected chi connectivity index (χ4v) is 14.4. The van der Waals surface area contributed by atoms with E-state index in [1.54, 1.807) is 24.3 Å². The first-order valence-corrected chi connectivity index (χ1v) is 23.1. The molecule has 63 heavy (non-hydrogen) atoms. The van der Waals surface area contributed by atoms with Crippen molar-refractivity contribution >= 4 is 5.97 Å². The topological polar surface area (TPSA) is 245 Å². The predicted octanol–water partition coefficient (Wildman–Crippen LogP) is 2.21. The highest BCUT2D eigenvalue weighted by Gasteiger charge is 2.72. The predicted molar refractivity (Wildman–Crippen MR) is 225 cm³/mol. The zero-order chi connectivity index (χ0) is 45.7. The van der Waals surface area contributed by atoms with Gasteiger partial charge in [0.25, 0.3) is 0 Å². The molecule has 0 radical (unpaired) electrons. The van der Waals surface area contributed by atoms with E-state index in [4.69, 9.17) is 23.7 Å². The molecule has 8 rings (SSSR count). The molecule has 7 aliphatic rings. The van der Waals surface area contributed by atoms with E-state index in [1.165, 1.54) is 5.57 Å². The SMILES string of the molecule is CC1(C)C[C@@H]2C3=CC[C@@H]4[C@@]5(C)CC[C@H](O[C@@H]6OC[C@H](O)[C@H](O[C@@H]7O[C@H](CO)[C@@H](O)[C@H](O)[C@H]7O)[C@H]6O)[C@@](C)(CO)[C@@H]5CC[C@@]4(C)[C@]3(C)C[C@H](OC(=O)c3ccccc3)[C@@]2(CO)C[C@H]1O. The van der Waals surface area contributed by atoms with Gasteiger partial charge in [-0.1, -0.05) is 71.4 Å². The summed E-state index contributed by atoms with van der Waals surface area (Å²) in [5.74, 6) is -0.437. The molecular formula is C48H72O15. The Morgan fingerprint density at radius 1 is 0.762 bits per heavy atom. The summed E-state index contributed by atoms with van der Waals surface area (Å²) in [5, 5.41) is 97.7. The van der Waals surface area contributed by atoms with Crippen molar-refractivity contribution in [2.75, 3.05) is 26.4 Å². The Labute approximate surface area is 370 Å². The summed E-state index contributed by atoms with van der Waals surface area (Å²) in [4.78, 5) is 13.9. The second-order valence-corrected chi connectivity index (χ2v) is 22.0. The molecule has 2 aliphatic heterocycles. The number of benzene rings is 1. The number of carbonyl (C=O) groups excluding carboxylic acids is 1. The Balaban J connectivity index is 1.06. The maximum atomic E-state index is 13.9. The van der Waals surface area contributed by atoms with E-state index < -0.39 is 108 Å². The molecular weight excluding hydrogens is 817 g/mol. The average molecular weight is 889 g/mol. The maximum absolute atomic E-state index is 13.9. The second-order valence-electron chi connectivity index (χ2n) is 22.0. The van der Waals surface area contributed by atoms with Crippen LogP contribution in [-0.4, -0.2) is 152 Å². The number of rotatable bonds is 9. The number of esters is 1. The first kappa shape index (κ1) is 47.4. The molecule has 15 heteroatoms. The van der Waals surface area contributed by atoms with Crippen molar-refractivity contribution in [3.63, 3.8) is 0 Å². The van der Waals surface area contributed by atoms with Gasteiger partial charge in [-0.2, -0.15) is 0 Å². The highest BCUT2D eigenvalue weighted by atomic mass is 16.7. The third kappa shape index (κ3) is 7.30. The van der Waals surface area contributed by atoms with E-state index in [0.717, 1.165) is 25.7 Å². The lowest BCUT2D eigenvalue weighted by atomic mass is 9.33. The van der Waals surface area contributed by atoms with Crippen molar-refractivity contribution in [1.82, 2.24) is 0 Å². The van der Waals surface area contributed by atoms with Gasteiger partial charge in [0.1, 0.15) is 48.8 Å². The molecule has 1 aromatic rings. The van der Waals surface area contributed by atoms with Crippen LogP contribution in [0, 0.1) is 50.2 Å². The zero-order valence-electron chi connectivity index (χ0n) is 37.6. The van der Waals surface area contributed by atoms with E-state index in [1.807, 2.05) is 13.0 Å². The van der Waals surface area contributed by atoms with Crippen LogP contribution in [0.3, 0.4) is 0 Å². The Hall–Kier alpha value is -2.09. The molecule has 9 N–H and O–H groups in total. The molecule has 2 saturated heterocycles. The molecule has 6 fully saturated rings. The highest BCUT2D eigenvalue weighted by molar-refractivity contribution is 5.89. The van der Waals surface area contributed by atoms with Crippen LogP contribution >= 0.6 is 0 Å². The fraction of sp³-hybridized carbons (Fsp3) is 0.812. The number of allylic oxidation sites excluding steroid dienone is 2. The molecule has 0 aromatic heterocycles. The maximum Gasteiger partial charge on any atom is 0.338 e. The van der Waals surface area contributed by atoms with Crippen molar-refractivity contribution in [2.24, 2.45) is 50.2 Å². The van der Waals surface area contributed by atoms with E-state index in [9.17, 15) is 50.8 Å². The molecule has 0 bridgehead atoms. The minimum absolute atomic E-state index is 0.0200. The lowest BCUT2D eigenvalue weighted by Crippen LogP contribution is -2.69. The minimum atomic E-state index is -1.74. The van der Waals surface area contributed by atoms with E-state index in [2.05, 4.69) is 40.7 Å². The smallest absolute Gasteiger partial charge is 0.338 e. The summed E-state index contributed by atoms with van der Waals surface area (Å²) < 4.78 is 30.4. The quantitative estimate of drug-likeness (QED) is 0.0981. The molecule has 4 saturated carbocycles. The summed E-state index contributed by atoms with van der Waals surface area (Å²) in [6.45, 7) is 11.9. The molecule has 15 nitrogen and oxygen atoms in total. The van der Waals surface area contributed by atoms with Crippen LogP contribution in [0.4, 0.5) is 0 Å². The van der Waals surface area contributed by atoms with E-state index in [-0.39, 0.29) is 48.4 Å². The summed E-state index contributed by atoms with van der Waals surface area (Å²) in [6, 6.07) is 8.92. The fourth-order valence-electron chi connectivity index (χ4n) is 14.4. The van der Waals surface area contributed by atoms with Gasteiger partial charge in [-0.05, 0) is 103 Å². The number of aliphatic hydroxyl groups is 9. The van der Waals surface area contributed by atoms with Gasteiger partial charge < -0.3 is 69.6 Å². The Morgan fingerprint density at radius 3 is 2.14 bits per heavy atom. The van der Waals surface area contributed by atoms with Gasteiger partial charge in [0.05, 0.1) is 44.2 Å². The van der Waals surface area contributed by atoms with E-state index in [0.29, 0.717) is 31.2 Å². The molecule has 1 aromatic carbocycles. The van der Waals surface area contributed by atoms with Crippen LogP contribution in [0.25, 0.3) is 0 Å². The number of carbonyl (C=O) groups is 1. The molecule has 0 amide bonds. The van der Waals surface area contributed by atoms with Gasteiger partial charge in [0.15, 0.2) is 12.6 Å². The van der Waals surface area contributed by atoms with Gasteiger partial charge in [-0.3, -0.25) is 0 Å².